The highest BCUT2D eigenvalue weighted by Gasteiger charge is 2.34. The van der Waals surface area contributed by atoms with Gasteiger partial charge in [0.05, 0.1) is 0 Å². The molecule has 6 nitrogen and oxygen atoms in total. The summed E-state index contributed by atoms with van der Waals surface area (Å²) in [5, 5.41) is 11.5. The lowest BCUT2D eigenvalue weighted by Gasteiger charge is -2.25. The molecule has 1 rings (SSSR count). The Morgan fingerprint density at radius 2 is 2.17 bits per heavy atom. The van der Waals surface area contributed by atoms with Gasteiger partial charge in [-0.15, -0.1) is 0 Å². The van der Waals surface area contributed by atoms with E-state index in [1.165, 1.54) is 25.3 Å². The zero-order valence-electron chi connectivity index (χ0n) is 10.3. The molecule has 0 spiro atoms. The van der Waals surface area contributed by atoms with Crippen LogP contribution in [0.2, 0.25) is 0 Å². The summed E-state index contributed by atoms with van der Waals surface area (Å²) in [7, 11) is 0. The Morgan fingerprint density at radius 3 is 2.67 bits per heavy atom. The van der Waals surface area contributed by atoms with Crippen molar-refractivity contribution in [3.8, 4) is 0 Å². The molecule has 98 valence electrons. The third kappa shape index (κ3) is 2.97. The number of rotatable bonds is 5. The molecular formula is C12H16N2O4. The lowest BCUT2D eigenvalue weighted by Crippen LogP contribution is -2.52. The third-order valence-corrected chi connectivity index (χ3v) is 2.67. The van der Waals surface area contributed by atoms with Crippen molar-refractivity contribution in [2.24, 2.45) is 0 Å². The van der Waals surface area contributed by atoms with Crippen molar-refractivity contribution in [3.05, 3.63) is 34.2 Å². The highest BCUT2D eigenvalue weighted by molar-refractivity contribution is 5.97. The number of carbonyl (C=O) groups is 2. The summed E-state index contributed by atoms with van der Waals surface area (Å²) in [5.74, 6) is -1.81. The molecule has 0 aliphatic heterocycles. The van der Waals surface area contributed by atoms with Crippen molar-refractivity contribution in [2.45, 2.75) is 32.2 Å². The van der Waals surface area contributed by atoms with Crippen molar-refractivity contribution >= 4 is 11.9 Å². The summed E-state index contributed by atoms with van der Waals surface area (Å²) in [5.41, 5.74) is -2.01. The number of carboxylic acid groups (broad SMARTS) is 1. The van der Waals surface area contributed by atoms with Gasteiger partial charge in [-0.05, 0) is 25.5 Å². The number of hydrogen-bond donors (Lipinski definition) is 3. The van der Waals surface area contributed by atoms with Gasteiger partial charge in [-0.1, -0.05) is 13.3 Å². The Balaban J connectivity index is 2.96. The first-order chi connectivity index (χ1) is 8.40. The Kier molecular flexibility index (Phi) is 4.25. The minimum absolute atomic E-state index is 0.0962. The SMILES string of the molecule is CCCC(C)(NC(=O)c1ccc[nH]c1=O)C(=O)O. The van der Waals surface area contributed by atoms with Crippen LogP contribution in [0.3, 0.4) is 0 Å². The first-order valence-electron chi connectivity index (χ1n) is 5.64. The van der Waals surface area contributed by atoms with Crippen molar-refractivity contribution < 1.29 is 14.7 Å². The average Bonchev–Trinajstić information content (AvgIpc) is 2.29. The van der Waals surface area contributed by atoms with E-state index in [-0.39, 0.29) is 5.56 Å². The Hall–Kier alpha value is -2.11. The number of pyridine rings is 1. The predicted molar refractivity (Wildman–Crippen MR) is 65.5 cm³/mol. The van der Waals surface area contributed by atoms with Crippen LogP contribution in [0.5, 0.6) is 0 Å². The second-order valence-electron chi connectivity index (χ2n) is 4.25. The second-order valence-corrected chi connectivity index (χ2v) is 4.25. The van der Waals surface area contributed by atoms with Gasteiger partial charge in [0.2, 0.25) is 0 Å². The molecule has 18 heavy (non-hydrogen) atoms. The largest absolute Gasteiger partial charge is 0.480 e. The van der Waals surface area contributed by atoms with E-state index in [0.29, 0.717) is 12.8 Å². The Bertz CT molecular complexity index is 509. The fourth-order valence-electron chi connectivity index (χ4n) is 1.64. The number of hydrogen-bond acceptors (Lipinski definition) is 3. The molecule has 0 saturated carbocycles. The summed E-state index contributed by atoms with van der Waals surface area (Å²) in [6, 6.07) is 2.86. The minimum Gasteiger partial charge on any atom is -0.480 e. The van der Waals surface area contributed by atoms with Gasteiger partial charge in [0.15, 0.2) is 0 Å². The lowest BCUT2D eigenvalue weighted by molar-refractivity contribution is -0.144. The van der Waals surface area contributed by atoms with Crippen LogP contribution < -0.4 is 10.9 Å². The van der Waals surface area contributed by atoms with Gasteiger partial charge in [-0.2, -0.15) is 0 Å². The maximum absolute atomic E-state index is 11.9. The molecule has 0 bridgehead atoms. The number of aromatic amines is 1. The zero-order valence-corrected chi connectivity index (χ0v) is 10.3. The first-order valence-corrected chi connectivity index (χ1v) is 5.64. The normalized spacial score (nSPS) is 13.7. The van der Waals surface area contributed by atoms with Crippen molar-refractivity contribution in [1.82, 2.24) is 10.3 Å². The molecule has 1 aromatic heterocycles. The summed E-state index contributed by atoms with van der Waals surface area (Å²) in [4.78, 5) is 36.8. The smallest absolute Gasteiger partial charge is 0.329 e. The molecule has 0 aliphatic carbocycles. The fourth-order valence-corrected chi connectivity index (χ4v) is 1.64. The van der Waals surface area contributed by atoms with E-state index >= 15 is 0 Å². The Morgan fingerprint density at radius 1 is 1.50 bits per heavy atom. The number of carbonyl (C=O) groups excluding carboxylic acids is 1. The molecule has 0 fully saturated rings. The summed E-state index contributed by atoms with van der Waals surface area (Å²) < 4.78 is 0. The van der Waals surface area contributed by atoms with E-state index in [9.17, 15) is 14.4 Å². The zero-order chi connectivity index (χ0) is 13.8. The lowest BCUT2D eigenvalue weighted by atomic mass is 9.96. The highest BCUT2D eigenvalue weighted by Crippen LogP contribution is 2.13. The van der Waals surface area contributed by atoms with Gasteiger partial charge in [-0.25, -0.2) is 4.79 Å². The van der Waals surface area contributed by atoms with Crippen molar-refractivity contribution in [3.63, 3.8) is 0 Å². The molecule has 1 aromatic rings. The number of aliphatic carboxylic acids is 1. The number of H-pyrrole nitrogens is 1. The number of carboxylic acids is 1. The number of nitrogens with one attached hydrogen (secondary N) is 2. The molecule has 0 radical (unpaired) electrons. The van der Waals surface area contributed by atoms with Gasteiger partial charge >= 0.3 is 5.97 Å². The average molecular weight is 252 g/mol. The van der Waals surface area contributed by atoms with Gasteiger partial charge in [0.1, 0.15) is 11.1 Å². The molecule has 0 aromatic carbocycles. The standard InChI is InChI=1S/C12H16N2O4/c1-3-6-12(2,11(17)18)14-10(16)8-5-4-7-13-9(8)15/h4-5,7H,3,6H2,1-2H3,(H,13,15)(H,14,16)(H,17,18). The number of amides is 1. The van der Waals surface area contributed by atoms with E-state index in [1.807, 2.05) is 6.92 Å². The molecule has 6 heteroatoms. The second kappa shape index (κ2) is 5.48. The van der Waals surface area contributed by atoms with E-state index in [2.05, 4.69) is 10.3 Å². The van der Waals surface area contributed by atoms with Crippen LogP contribution >= 0.6 is 0 Å². The van der Waals surface area contributed by atoms with Crippen molar-refractivity contribution in [1.29, 1.82) is 0 Å². The first kappa shape index (κ1) is 14.0. The van der Waals surface area contributed by atoms with E-state index in [0.717, 1.165) is 0 Å². The maximum atomic E-state index is 11.9. The van der Waals surface area contributed by atoms with Gasteiger partial charge in [0.25, 0.3) is 11.5 Å². The molecule has 1 heterocycles. The molecule has 1 amide bonds. The minimum atomic E-state index is -1.37. The van der Waals surface area contributed by atoms with Crippen LogP contribution in [0.4, 0.5) is 0 Å². The number of aromatic nitrogens is 1. The van der Waals surface area contributed by atoms with Crippen LogP contribution in [0, 0.1) is 0 Å². The van der Waals surface area contributed by atoms with E-state index in [1.54, 1.807) is 0 Å². The van der Waals surface area contributed by atoms with Gasteiger partial charge in [-0.3, -0.25) is 9.59 Å². The monoisotopic (exact) mass is 252 g/mol. The van der Waals surface area contributed by atoms with E-state index < -0.39 is 23.0 Å². The summed E-state index contributed by atoms with van der Waals surface area (Å²) >= 11 is 0. The van der Waals surface area contributed by atoms with E-state index in [4.69, 9.17) is 5.11 Å². The van der Waals surface area contributed by atoms with Gasteiger partial charge < -0.3 is 15.4 Å². The van der Waals surface area contributed by atoms with Gasteiger partial charge in [0, 0.05) is 6.20 Å². The molecule has 0 aliphatic rings. The summed E-state index contributed by atoms with van der Waals surface area (Å²) in [6.45, 7) is 3.25. The van der Waals surface area contributed by atoms with Crippen LogP contribution in [-0.4, -0.2) is 27.5 Å². The van der Waals surface area contributed by atoms with Crippen LogP contribution in [0.1, 0.15) is 37.0 Å². The van der Waals surface area contributed by atoms with Crippen LogP contribution in [0.15, 0.2) is 23.1 Å². The van der Waals surface area contributed by atoms with Crippen LogP contribution in [0.25, 0.3) is 0 Å². The molecule has 1 atom stereocenters. The molecule has 1 unspecified atom stereocenters. The maximum Gasteiger partial charge on any atom is 0.329 e. The van der Waals surface area contributed by atoms with Crippen molar-refractivity contribution in [2.75, 3.05) is 0 Å². The topological polar surface area (TPSA) is 99.3 Å². The highest BCUT2D eigenvalue weighted by atomic mass is 16.4. The molecule has 3 N–H and O–H groups in total. The molecule has 0 saturated heterocycles. The van der Waals surface area contributed by atoms with Crippen LogP contribution in [-0.2, 0) is 4.79 Å². The quantitative estimate of drug-likeness (QED) is 0.720. The predicted octanol–water partition coefficient (Wildman–Crippen LogP) is 0.748. The Labute approximate surface area is 104 Å². The summed E-state index contributed by atoms with van der Waals surface area (Å²) in [6.07, 6.45) is 2.30. The fraction of sp³-hybridized carbons (Fsp3) is 0.417. The third-order valence-electron chi connectivity index (χ3n) is 2.67. The molecular weight excluding hydrogens is 236 g/mol.